The fourth-order valence-electron chi connectivity index (χ4n) is 1.92. The van der Waals surface area contributed by atoms with Gasteiger partial charge in [0.1, 0.15) is 6.54 Å². The van der Waals surface area contributed by atoms with Gasteiger partial charge in [-0.15, -0.1) is 0 Å². The Balaban J connectivity index is 2.31. The number of rotatable bonds is 6. The Hall–Kier alpha value is -0.820. The van der Waals surface area contributed by atoms with Crippen molar-refractivity contribution in [3.8, 4) is 0 Å². The lowest BCUT2D eigenvalue weighted by Gasteiger charge is -2.21. The monoisotopic (exact) mass is 351 g/mol. The van der Waals surface area contributed by atoms with E-state index in [1.165, 1.54) is 18.2 Å². The topological polar surface area (TPSA) is 63.7 Å². The first-order valence-electron chi connectivity index (χ1n) is 6.48. The lowest BCUT2D eigenvalue weighted by Crippen LogP contribution is -2.38. The van der Waals surface area contributed by atoms with Crippen molar-refractivity contribution in [3.05, 3.63) is 28.2 Å². The number of esters is 1. The van der Waals surface area contributed by atoms with Crippen molar-refractivity contribution in [2.75, 3.05) is 13.2 Å². The van der Waals surface area contributed by atoms with Gasteiger partial charge in [0.2, 0.25) is 10.0 Å². The zero-order valence-corrected chi connectivity index (χ0v) is 13.7. The molecule has 1 aliphatic carbocycles. The Morgan fingerprint density at radius 3 is 2.33 bits per heavy atom. The van der Waals surface area contributed by atoms with E-state index in [-0.39, 0.29) is 34.1 Å². The average Bonchev–Trinajstić information content (AvgIpc) is 3.19. The van der Waals surface area contributed by atoms with Crippen LogP contribution in [0.1, 0.15) is 19.8 Å². The minimum Gasteiger partial charge on any atom is -0.465 e. The van der Waals surface area contributed by atoms with Crippen LogP contribution in [0.4, 0.5) is 0 Å². The zero-order chi connectivity index (χ0) is 15.6. The van der Waals surface area contributed by atoms with Crippen molar-refractivity contribution < 1.29 is 17.9 Å². The number of hydrogen-bond donors (Lipinski definition) is 0. The summed E-state index contributed by atoms with van der Waals surface area (Å²) < 4.78 is 31.3. The van der Waals surface area contributed by atoms with Gasteiger partial charge in [-0.3, -0.25) is 4.79 Å². The van der Waals surface area contributed by atoms with E-state index in [0.29, 0.717) is 0 Å². The molecule has 1 aromatic carbocycles. The predicted octanol–water partition coefficient (Wildman–Crippen LogP) is 2.71. The number of carbonyl (C=O) groups excluding carboxylic acids is 1. The van der Waals surface area contributed by atoms with Crippen LogP contribution in [0.25, 0.3) is 0 Å². The number of carbonyl (C=O) groups is 1. The van der Waals surface area contributed by atoms with Gasteiger partial charge in [0.25, 0.3) is 0 Å². The molecule has 0 amide bonds. The number of sulfonamides is 1. The van der Waals surface area contributed by atoms with Crippen LogP contribution in [-0.2, 0) is 19.6 Å². The molecular weight excluding hydrogens is 337 g/mol. The normalized spacial score (nSPS) is 15.2. The highest BCUT2D eigenvalue weighted by Crippen LogP contribution is 2.33. The van der Waals surface area contributed by atoms with Crippen molar-refractivity contribution in [2.24, 2.45) is 0 Å². The molecule has 1 saturated carbocycles. The van der Waals surface area contributed by atoms with Crippen LogP contribution in [0.2, 0.25) is 10.0 Å². The number of halogens is 2. The van der Waals surface area contributed by atoms with Gasteiger partial charge in [-0.25, -0.2) is 8.42 Å². The molecule has 0 heterocycles. The second kappa shape index (κ2) is 6.52. The van der Waals surface area contributed by atoms with Crippen LogP contribution in [0, 0.1) is 0 Å². The molecule has 0 saturated heterocycles. The molecule has 1 fully saturated rings. The third-order valence-electron chi connectivity index (χ3n) is 2.99. The van der Waals surface area contributed by atoms with Gasteiger partial charge in [-0.2, -0.15) is 4.31 Å². The Kier molecular flexibility index (Phi) is 5.14. The van der Waals surface area contributed by atoms with Crippen LogP contribution < -0.4 is 0 Å². The van der Waals surface area contributed by atoms with E-state index in [9.17, 15) is 13.2 Å². The molecule has 0 N–H and O–H groups in total. The van der Waals surface area contributed by atoms with Gasteiger partial charge in [0, 0.05) is 16.1 Å². The third kappa shape index (κ3) is 4.10. The van der Waals surface area contributed by atoms with E-state index in [0.717, 1.165) is 17.1 Å². The van der Waals surface area contributed by atoms with Gasteiger partial charge in [-0.1, -0.05) is 23.2 Å². The molecule has 0 bridgehead atoms. The summed E-state index contributed by atoms with van der Waals surface area (Å²) in [6.07, 6.45) is 1.46. The number of hydrogen-bond acceptors (Lipinski definition) is 4. The van der Waals surface area contributed by atoms with Crippen molar-refractivity contribution >= 4 is 39.2 Å². The summed E-state index contributed by atoms with van der Waals surface area (Å²) in [6.45, 7) is 1.58. The lowest BCUT2D eigenvalue weighted by molar-refractivity contribution is -0.143. The molecule has 0 atom stereocenters. The minimum atomic E-state index is -3.83. The maximum atomic E-state index is 12.7. The van der Waals surface area contributed by atoms with Gasteiger partial charge >= 0.3 is 5.97 Å². The van der Waals surface area contributed by atoms with Crippen molar-refractivity contribution in [1.82, 2.24) is 4.31 Å². The molecule has 21 heavy (non-hydrogen) atoms. The van der Waals surface area contributed by atoms with Gasteiger partial charge in [-0.05, 0) is 38.0 Å². The SMILES string of the molecule is CCOC(=O)CN(C1CC1)S(=O)(=O)c1cc(Cl)cc(Cl)c1. The molecule has 0 aliphatic heterocycles. The van der Waals surface area contributed by atoms with E-state index >= 15 is 0 Å². The van der Waals surface area contributed by atoms with Crippen molar-refractivity contribution in [1.29, 1.82) is 0 Å². The van der Waals surface area contributed by atoms with E-state index in [2.05, 4.69) is 0 Å². The zero-order valence-electron chi connectivity index (χ0n) is 11.4. The standard InChI is InChI=1S/C13H15Cl2NO4S/c1-2-20-13(17)8-16(11-3-4-11)21(18,19)12-6-9(14)5-10(15)7-12/h5-7,11H,2-4,8H2,1H3. The van der Waals surface area contributed by atoms with Crippen LogP contribution in [-0.4, -0.2) is 37.9 Å². The first kappa shape index (κ1) is 16.5. The first-order valence-corrected chi connectivity index (χ1v) is 8.67. The molecule has 5 nitrogen and oxygen atoms in total. The third-order valence-corrected chi connectivity index (χ3v) is 5.30. The molecule has 0 spiro atoms. The van der Waals surface area contributed by atoms with Crippen LogP contribution in [0.3, 0.4) is 0 Å². The summed E-state index contributed by atoms with van der Waals surface area (Å²) in [5.41, 5.74) is 0. The highest BCUT2D eigenvalue weighted by atomic mass is 35.5. The highest BCUT2D eigenvalue weighted by Gasteiger charge is 2.39. The van der Waals surface area contributed by atoms with E-state index < -0.39 is 16.0 Å². The van der Waals surface area contributed by atoms with Crippen LogP contribution >= 0.6 is 23.2 Å². The Labute approximate surface area is 133 Å². The minimum absolute atomic E-state index is 0.0174. The first-order chi connectivity index (χ1) is 9.84. The van der Waals surface area contributed by atoms with E-state index in [4.69, 9.17) is 27.9 Å². The average molecular weight is 352 g/mol. The summed E-state index contributed by atoms with van der Waals surface area (Å²) in [4.78, 5) is 11.6. The number of benzene rings is 1. The van der Waals surface area contributed by atoms with Crippen LogP contribution in [0.15, 0.2) is 23.1 Å². The van der Waals surface area contributed by atoms with Gasteiger partial charge < -0.3 is 4.74 Å². The molecule has 0 unspecified atom stereocenters. The molecule has 1 aliphatic rings. The second-order valence-corrected chi connectivity index (χ2v) is 7.46. The summed E-state index contributed by atoms with van der Waals surface area (Å²) in [5, 5.41) is 0.459. The molecule has 0 aromatic heterocycles. The quantitative estimate of drug-likeness (QED) is 0.739. The smallest absolute Gasteiger partial charge is 0.321 e. The van der Waals surface area contributed by atoms with Crippen molar-refractivity contribution in [3.63, 3.8) is 0 Å². The molecule has 116 valence electrons. The summed E-state index contributed by atoms with van der Waals surface area (Å²) >= 11 is 11.7. The maximum Gasteiger partial charge on any atom is 0.321 e. The Morgan fingerprint density at radius 1 is 1.29 bits per heavy atom. The van der Waals surface area contributed by atoms with Crippen LogP contribution in [0.5, 0.6) is 0 Å². The Bertz CT molecular complexity index is 623. The molecule has 2 rings (SSSR count). The molecular formula is C13H15Cl2NO4S. The van der Waals surface area contributed by atoms with Gasteiger partial charge in [0.05, 0.1) is 11.5 Å². The second-order valence-electron chi connectivity index (χ2n) is 4.69. The number of ether oxygens (including phenoxy) is 1. The highest BCUT2D eigenvalue weighted by molar-refractivity contribution is 7.89. The van der Waals surface area contributed by atoms with E-state index in [1.807, 2.05) is 0 Å². The largest absolute Gasteiger partial charge is 0.465 e. The maximum absolute atomic E-state index is 12.7. The summed E-state index contributed by atoms with van der Waals surface area (Å²) in [6, 6.07) is 3.93. The fourth-order valence-corrected chi connectivity index (χ4v) is 4.28. The van der Waals surface area contributed by atoms with Crippen molar-refractivity contribution in [2.45, 2.75) is 30.7 Å². The lowest BCUT2D eigenvalue weighted by atomic mass is 10.4. The predicted molar refractivity (Wildman–Crippen MR) is 80.0 cm³/mol. The van der Waals surface area contributed by atoms with Gasteiger partial charge in [0.15, 0.2) is 0 Å². The fraction of sp³-hybridized carbons (Fsp3) is 0.462. The summed E-state index contributed by atoms with van der Waals surface area (Å²) in [5.74, 6) is -0.568. The van der Waals surface area contributed by atoms with E-state index in [1.54, 1.807) is 6.92 Å². The molecule has 8 heteroatoms. The molecule has 1 aromatic rings. The molecule has 0 radical (unpaired) electrons. The summed E-state index contributed by atoms with van der Waals surface area (Å²) in [7, 11) is -3.83. The Morgan fingerprint density at radius 2 is 1.86 bits per heavy atom. The number of nitrogens with zero attached hydrogens (tertiary/aromatic N) is 1.